The van der Waals surface area contributed by atoms with Crippen molar-refractivity contribution in [3.63, 3.8) is 0 Å². The van der Waals surface area contributed by atoms with Gasteiger partial charge >= 0.3 is 0 Å². The third-order valence-electron chi connectivity index (χ3n) is 3.55. The normalized spacial score (nSPS) is 17.7. The van der Waals surface area contributed by atoms with Gasteiger partial charge in [0.05, 0.1) is 16.7 Å². The zero-order chi connectivity index (χ0) is 14.8. The molecule has 1 unspecified atom stereocenters. The third kappa shape index (κ3) is 2.63. The predicted octanol–water partition coefficient (Wildman–Crippen LogP) is 3.92. The number of rotatable bonds is 3. The van der Waals surface area contributed by atoms with Crippen molar-refractivity contribution in [2.24, 2.45) is 5.10 Å². The smallest absolute Gasteiger partial charge is 0.258 e. The number of hydrazone groups is 1. The highest BCUT2D eigenvalue weighted by molar-refractivity contribution is 5.86. The summed E-state index contributed by atoms with van der Waals surface area (Å²) in [4.78, 5) is 10.6. The summed E-state index contributed by atoms with van der Waals surface area (Å²) in [6.07, 6.45) is 0.826. The van der Waals surface area contributed by atoms with Crippen molar-refractivity contribution in [1.29, 1.82) is 0 Å². The molecule has 5 heteroatoms. The van der Waals surface area contributed by atoms with E-state index in [1.165, 1.54) is 6.07 Å². The molecule has 0 N–H and O–H groups in total. The lowest BCUT2D eigenvalue weighted by molar-refractivity contribution is -0.384. The second-order valence-electron chi connectivity index (χ2n) is 5.09. The summed E-state index contributed by atoms with van der Waals surface area (Å²) in [5, 5.41) is 17.4. The van der Waals surface area contributed by atoms with Crippen molar-refractivity contribution in [3.8, 4) is 0 Å². The topological polar surface area (TPSA) is 58.7 Å². The minimum absolute atomic E-state index is 0.0825. The van der Waals surface area contributed by atoms with Crippen LogP contribution in [0.4, 0.5) is 11.4 Å². The van der Waals surface area contributed by atoms with Crippen molar-refractivity contribution in [2.75, 3.05) is 5.01 Å². The van der Waals surface area contributed by atoms with Gasteiger partial charge in [0, 0.05) is 24.3 Å². The van der Waals surface area contributed by atoms with E-state index in [1.807, 2.05) is 36.2 Å². The van der Waals surface area contributed by atoms with E-state index in [1.54, 1.807) is 12.1 Å². The predicted molar refractivity (Wildman–Crippen MR) is 82.5 cm³/mol. The molecule has 0 saturated heterocycles. The molecule has 21 heavy (non-hydrogen) atoms. The van der Waals surface area contributed by atoms with Gasteiger partial charge in [0.1, 0.15) is 0 Å². The molecule has 0 spiro atoms. The van der Waals surface area contributed by atoms with E-state index >= 15 is 0 Å². The Balaban J connectivity index is 1.99. The molecule has 1 heterocycles. The summed E-state index contributed by atoms with van der Waals surface area (Å²) in [6, 6.07) is 16.8. The zero-order valence-electron chi connectivity index (χ0n) is 11.6. The molecule has 0 bridgehead atoms. The zero-order valence-corrected chi connectivity index (χ0v) is 11.6. The summed E-state index contributed by atoms with van der Waals surface area (Å²) in [7, 11) is 0. The number of non-ortho nitro benzene ring substituents is 1. The van der Waals surface area contributed by atoms with Crippen molar-refractivity contribution >= 4 is 17.1 Å². The number of hydrogen-bond donors (Lipinski definition) is 0. The molecule has 0 aromatic heterocycles. The lowest BCUT2D eigenvalue weighted by Gasteiger charge is -2.23. The van der Waals surface area contributed by atoms with Crippen LogP contribution < -0.4 is 5.01 Å². The van der Waals surface area contributed by atoms with E-state index in [4.69, 9.17) is 0 Å². The highest BCUT2D eigenvalue weighted by Gasteiger charge is 2.27. The van der Waals surface area contributed by atoms with Crippen LogP contribution in [0.15, 0.2) is 59.7 Å². The lowest BCUT2D eigenvalue weighted by atomic mass is 10.0. The Kier molecular flexibility index (Phi) is 3.39. The number of benzene rings is 2. The van der Waals surface area contributed by atoms with E-state index < -0.39 is 0 Å². The van der Waals surface area contributed by atoms with Gasteiger partial charge in [-0.2, -0.15) is 5.10 Å². The molecule has 0 saturated carbocycles. The Labute approximate surface area is 122 Å². The second-order valence-corrected chi connectivity index (χ2v) is 5.09. The fourth-order valence-corrected chi connectivity index (χ4v) is 2.58. The summed E-state index contributed by atoms with van der Waals surface area (Å²) < 4.78 is 0. The molecule has 1 aliphatic heterocycles. The van der Waals surface area contributed by atoms with Gasteiger partial charge in [-0.25, -0.2) is 0 Å². The molecule has 1 atom stereocenters. The number of nitro benzene ring substituents is 1. The van der Waals surface area contributed by atoms with Crippen LogP contribution in [0.3, 0.4) is 0 Å². The highest BCUT2D eigenvalue weighted by atomic mass is 16.6. The largest absolute Gasteiger partial charge is 0.271 e. The molecule has 2 aromatic carbocycles. The van der Waals surface area contributed by atoms with E-state index in [0.717, 1.165) is 23.4 Å². The van der Waals surface area contributed by atoms with Gasteiger partial charge in [-0.3, -0.25) is 15.1 Å². The van der Waals surface area contributed by atoms with Crippen LogP contribution in [-0.4, -0.2) is 10.6 Å². The van der Waals surface area contributed by atoms with Crippen molar-refractivity contribution < 1.29 is 4.92 Å². The molecule has 0 aliphatic carbocycles. The third-order valence-corrected chi connectivity index (χ3v) is 3.55. The first-order valence-electron chi connectivity index (χ1n) is 6.78. The number of anilines is 1. The van der Waals surface area contributed by atoms with Gasteiger partial charge in [0.15, 0.2) is 0 Å². The summed E-state index contributed by atoms with van der Waals surface area (Å²) in [5.41, 5.74) is 3.01. The van der Waals surface area contributed by atoms with Crippen LogP contribution in [0.25, 0.3) is 0 Å². The second kappa shape index (κ2) is 5.36. The molecule has 5 nitrogen and oxygen atoms in total. The van der Waals surface area contributed by atoms with Crippen LogP contribution in [-0.2, 0) is 0 Å². The van der Waals surface area contributed by atoms with Gasteiger partial charge in [-0.05, 0) is 18.6 Å². The summed E-state index contributed by atoms with van der Waals surface area (Å²) in [6.45, 7) is 1.98. The van der Waals surface area contributed by atoms with Crippen LogP contribution >= 0.6 is 0 Å². The van der Waals surface area contributed by atoms with Gasteiger partial charge in [0.2, 0.25) is 0 Å². The molecular formula is C16H15N3O2. The SMILES string of the molecule is CC1=NN(c2cccc([N+](=O)[O-])c2)C(c2ccccc2)C1. The average molecular weight is 281 g/mol. The minimum atomic E-state index is -0.381. The quantitative estimate of drug-likeness (QED) is 0.632. The van der Waals surface area contributed by atoms with Crippen molar-refractivity contribution in [1.82, 2.24) is 0 Å². The number of nitro groups is 1. The Bertz CT molecular complexity index is 698. The van der Waals surface area contributed by atoms with Crippen LogP contribution in [0.5, 0.6) is 0 Å². The molecule has 3 rings (SSSR count). The molecule has 0 radical (unpaired) electrons. The maximum atomic E-state index is 10.9. The molecule has 106 valence electrons. The van der Waals surface area contributed by atoms with E-state index in [2.05, 4.69) is 17.2 Å². The van der Waals surface area contributed by atoms with Gasteiger partial charge < -0.3 is 0 Å². The molecule has 1 aliphatic rings. The maximum Gasteiger partial charge on any atom is 0.271 e. The fraction of sp³-hybridized carbons (Fsp3) is 0.188. The average Bonchev–Trinajstić information content (AvgIpc) is 2.90. The molecule has 2 aromatic rings. The first kappa shape index (κ1) is 13.3. The number of nitrogens with zero attached hydrogens (tertiary/aromatic N) is 3. The lowest BCUT2D eigenvalue weighted by Crippen LogP contribution is -2.18. The van der Waals surface area contributed by atoms with E-state index in [9.17, 15) is 10.1 Å². The highest BCUT2D eigenvalue weighted by Crippen LogP contribution is 2.36. The standard InChI is InChI=1S/C16H15N3O2/c1-12-10-16(13-6-3-2-4-7-13)18(17-12)14-8-5-9-15(11-14)19(20)21/h2-9,11,16H,10H2,1H3. The maximum absolute atomic E-state index is 10.9. The first-order chi connectivity index (χ1) is 10.1. The Morgan fingerprint density at radius 2 is 1.95 bits per heavy atom. The Morgan fingerprint density at radius 1 is 1.19 bits per heavy atom. The molecule has 0 fully saturated rings. The fourth-order valence-electron chi connectivity index (χ4n) is 2.58. The Hall–Kier alpha value is -2.69. The van der Waals surface area contributed by atoms with Gasteiger partial charge in [0.25, 0.3) is 5.69 Å². The Morgan fingerprint density at radius 3 is 2.67 bits per heavy atom. The van der Waals surface area contributed by atoms with Crippen LogP contribution in [0.1, 0.15) is 24.9 Å². The number of hydrogen-bond acceptors (Lipinski definition) is 4. The summed E-state index contributed by atoms with van der Waals surface area (Å²) >= 11 is 0. The van der Waals surface area contributed by atoms with Crippen LogP contribution in [0.2, 0.25) is 0 Å². The molecule has 0 amide bonds. The minimum Gasteiger partial charge on any atom is -0.258 e. The monoisotopic (exact) mass is 281 g/mol. The summed E-state index contributed by atoms with van der Waals surface area (Å²) in [5.74, 6) is 0. The molecular weight excluding hydrogens is 266 g/mol. The van der Waals surface area contributed by atoms with Crippen LogP contribution in [0, 0.1) is 10.1 Å². The van der Waals surface area contributed by atoms with Crippen molar-refractivity contribution in [2.45, 2.75) is 19.4 Å². The van der Waals surface area contributed by atoms with Gasteiger partial charge in [-0.1, -0.05) is 36.4 Å². The van der Waals surface area contributed by atoms with Crippen molar-refractivity contribution in [3.05, 3.63) is 70.3 Å². The van der Waals surface area contributed by atoms with E-state index in [-0.39, 0.29) is 16.7 Å². The van der Waals surface area contributed by atoms with E-state index in [0.29, 0.717) is 0 Å². The van der Waals surface area contributed by atoms with Gasteiger partial charge in [-0.15, -0.1) is 0 Å². The first-order valence-corrected chi connectivity index (χ1v) is 6.78.